The summed E-state index contributed by atoms with van der Waals surface area (Å²) in [6, 6.07) is -0.636. The van der Waals surface area contributed by atoms with Gasteiger partial charge in [-0.05, 0) is 83.5 Å². The molecule has 0 saturated heterocycles. The number of aliphatic hydroxyl groups is 2. The van der Waals surface area contributed by atoms with E-state index in [-0.39, 0.29) is 18.5 Å². The molecule has 0 aliphatic heterocycles. The first-order valence-corrected chi connectivity index (χ1v) is 24.4. The predicted octanol–water partition coefficient (Wildman–Crippen LogP) is 14.3. The minimum atomic E-state index is -0.851. The van der Waals surface area contributed by atoms with Gasteiger partial charge in [0.25, 0.3) is 0 Å². The Morgan fingerprint density at radius 2 is 0.912 bits per heavy atom. The number of carbonyl (C=O) groups is 2. The largest absolute Gasteiger partial charge is 0.466 e. The Kier molecular flexibility index (Phi) is 44.7. The molecule has 0 aromatic carbocycles. The van der Waals surface area contributed by atoms with Gasteiger partial charge in [0, 0.05) is 12.8 Å². The molecule has 0 aromatic heterocycles. The molecule has 0 radical (unpaired) electrons. The van der Waals surface area contributed by atoms with Crippen LogP contribution in [0.4, 0.5) is 0 Å². The summed E-state index contributed by atoms with van der Waals surface area (Å²) in [7, 11) is 0. The maximum atomic E-state index is 12.4. The lowest BCUT2D eigenvalue weighted by molar-refractivity contribution is -0.143. The van der Waals surface area contributed by atoms with E-state index in [1.807, 2.05) is 6.08 Å². The van der Waals surface area contributed by atoms with Gasteiger partial charge in [0.1, 0.15) is 0 Å². The minimum absolute atomic E-state index is 0.0195. The number of hydrogen-bond donors (Lipinski definition) is 3. The highest BCUT2D eigenvalue weighted by Crippen LogP contribution is 2.14. The maximum absolute atomic E-state index is 12.4. The van der Waals surface area contributed by atoms with Crippen molar-refractivity contribution in [3.63, 3.8) is 0 Å². The molecule has 6 nitrogen and oxygen atoms in total. The Morgan fingerprint density at radius 1 is 0.491 bits per heavy atom. The van der Waals surface area contributed by atoms with Crippen molar-refractivity contribution in [3.8, 4) is 0 Å². The van der Waals surface area contributed by atoms with Gasteiger partial charge in [-0.1, -0.05) is 191 Å². The van der Waals surface area contributed by atoms with Gasteiger partial charge in [-0.3, -0.25) is 9.59 Å². The molecule has 0 aliphatic carbocycles. The summed E-state index contributed by atoms with van der Waals surface area (Å²) in [5, 5.41) is 22.9. The number of esters is 1. The first-order valence-electron chi connectivity index (χ1n) is 24.4. The van der Waals surface area contributed by atoms with Crippen LogP contribution in [0.1, 0.15) is 239 Å². The fourth-order valence-electron chi connectivity index (χ4n) is 7.02. The molecule has 0 aliphatic rings. The lowest BCUT2D eigenvalue weighted by Crippen LogP contribution is -2.45. The van der Waals surface area contributed by atoms with E-state index in [1.54, 1.807) is 6.08 Å². The van der Waals surface area contributed by atoms with E-state index >= 15 is 0 Å². The van der Waals surface area contributed by atoms with Crippen molar-refractivity contribution in [2.45, 2.75) is 251 Å². The van der Waals surface area contributed by atoms with Crippen LogP contribution in [0.25, 0.3) is 0 Å². The molecule has 0 spiro atoms. The zero-order valence-electron chi connectivity index (χ0n) is 37.6. The monoisotopic (exact) mass is 800 g/mol. The highest BCUT2D eigenvalue weighted by Gasteiger charge is 2.18. The predicted molar refractivity (Wildman–Crippen MR) is 245 cm³/mol. The molecule has 2 atom stereocenters. The zero-order chi connectivity index (χ0) is 41.5. The molecule has 0 saturated carbocycles. The minimum Gasteiger partial charge on any atom is -0.466 e. The van der Waals surface area contributed by atoms with E-state index in [0.717, 1.165) is 70.6 Å². The zero-order valence-corrected chi connectivity index (χ0v) is 37.6. The topological polar surface area (TPSA) is 95.9 Å². The third-order valence-electron chi connectivity index (χ3n) is 10.8. The van der Waals surface area contributed by atoms with Gasteiger partial charge in [-0.2, -0.15) is 0 Å². The Morgan fingerprint density at radius 3 is 1.42 bits per heavy atom. The van der Waals surface area contributed by atoms with Crippen molar-refractivity contribution < 1.29 is 24.5 Å². The van der Waals surface area contributed by atoms with Crippen LogP contribution in [0.2, 0.25) is 0 Å². The third kappa shape index (κ3) is 43.2. The van der Waals surface area contributed by atoms with Crippen molar-refractivity contribution in [3.05, 3.63) is 48.6 Å². The number of nitrogens with one attached hydrogen (secondary N) is 1. The van der Waals surface area contributed by atoms with Crippen LogP contribution >= 0.6 is 0 Å². The standard InChI is InChI=1S/C51H93NO5/c1-3-5-7-9-11-13-15-21-25-29-33-37-41-45-51(56)57-46-42-38-34-30-26-23-20-18-16-17-19-22-24-28-32-36-40-44-50(55)52-48(47-53)49(54)43-39-35-31-27-14-12-10-8-6-4-2/h7,9,13,15-16,18,39,43,48-49,53-54H,3-6,8,10-12,14,17,19-38,40-42,44-47H2,1-2H3,(H,52,55)/b9-7-,15-13-,18-16-,43-39+. The average Bonchev–Trinajstić information content (AvgIpc) is 3.21. The van der Waals surface area contributed by atoms with Crippen molar-refractivity contribution in [1.29, 1.82) is 0 Å². The van der Waals surface area contributed by atoms with Gasteiger partial charge in [0.15, 0.2) is 0 Å². The Bertz CT molecular complexity index is 973. The van der Waals surface area contributed by atoms with Crippen LogP contribution in [-0.2, 0) is 14.3 Å². The fraction of sp³-hybridized carbons (Fsp3) is 0.804. The van der Waals surface area contributed by atoms with Crippen LogP contribution in [0.15, 0.2) is 48.6 Å². The SMILES string of the molecule is CCC/C=C\C/C=C\CCCCCCCC(=O)OCCCCCCCC/C=C\CCCCCCCCCC(=O)NC(CO)C(O)/C=C/CCCCCCCCCC. The molecule has 0 aromatic rings. The van der Waals surface area contributed by atoms with Gasteiger partial charge in [-0.15, -0.1) is 0 Å². The Labute approximate surface area is 353 Å². The van der Waals surface area contributed by atoms with Crippen molar-refractivity contribution in [2.75, 3.05) is 13.2 Å². The molecule has 3 N–H and O–H groups in total. The van der Waals surface area contributed by atoms with Gasteiger partial charge in [0.05, 0.1) is 25.4 Å². The van der Waals surface area contributed by atoms with Crippen LogP contribution in [0.5, 0.6) is 0 Å². The smallest absolute Gasteiger partial charge is 0.305 e. The Hall–Kier alpha value is -2.18. The summed E-state index contributed by atoms with van der Waals surface area (Å²) in [6.07, 6.45) is 56.8. The molecular formula is C51H93NO5. The summed E-state index contributed by atoms with van der Waals surface area (Å²) < 4.78 is 5.44. The number of aliphatic hydroxyl groups excluding tert-OH is 2. The van der Waals surface area contributed by atoms with E-state index in [1.165, 1.54) is 141 Å². The molecule has 0 bridgehead atoms. The van der Waals surface area contributed by atoms with E-state index in [0.29, 0.717) is 19.4 Å². The second kappa shape index (κ2) is 46.5. The fourth-order valence-corrected chi connectivity index (χ4v) is 7.02. The van der Waals surface area contributed by atoms with E-state index < -0.39 is 12.1 Å². The average molecular weight is 800 g/mol. The summed E-state index contributed by atoms with van der Waals surface area (Å²) in [4.78, 5) is 24.3. The number of amides is 1. The van der Waals surface area contributed by atoms with Crippen LogP contribution in [0, 0.1) is 0 Å². The number of unbranched alkanes of at least 4 members (excludes halogenated alkanes) is 27. The van der Waals surface area contributed by atoms with Gasteiger partial charge in [-0.25, -0.2) is 0 Å². The molecular weight excluding hydrogens is 707 g/mol. The van der Waals surface area contributed by atoms with E-state index in [9.17, 15) is 19.8 Å². The number of allylic oxidation sites excluding steroid dienone is 7. The van der Waals surface area contributed by atoms with Crippen LogP contribution in [-0.4, -0.2) is 47.4 Å². The first-order chi connectivity index (χ1) is 28.0. The number of carbonyl (C=O) groups excluding carboxylic acids is 2. The van der Waals surface area contributed by atoms with Crippen LogP contribution in [0.3, 0.4) is 0 Å². The second-order valence-corrected chi connectivity index (χ2v) is 16.4. The highest BCUT2D eigenvalue weighted by molar-refractivity contribution is 5.76. The molecule has 2 unspecified atom stereocenters. The molecule has 0 heterocycles. The molecule has 57 heavy (non-hydrogen) atoms. The second-order valence-electron chi connectivity index (χ2n) is 16.4. The van der Waals surface area contributed by atoms with Crippen molar-refractivity contribution in [1.82, 2.24) is 5.32 Å². The number of ether oxygens (including phenoxy) is 1. The quantitative estimate of drug-likeness (QED) is 0.0324. The third-order valence-corrected chi connectivity index (χ3v) is 10.8. The maximum Gasteiger partial charge on any atom is 0.305 e. The lowest BCUT2D eigenvalue weighted by Gasteiger charge is -2.20. The normalized spacial score (nSPS) is 13.1. The molecule has 0 rings (SSSR count). The summed E-state index contributed by atoms with van der Waals surface area (Å²) >= 11 is 0. The molecule has 0 fully saturated rings. The van der Waals surface area contributed by atoms with E-state index in [4.69, 9.17) is 4.74 Å². The molecule has 6 heteroatoms. The summed E-state index contributed by atoms with van der Waals surface area (Å²) in [5.41, 5.74) is 0. The van der Waals surface area contributed by atoms with Gasteiger partial charge in [0.2, 0.25) is 5.91 Å². The summed E-state index contributed by atoms with van der Waals surface area (Å²) in [6.45, 7) is 4.77. The van der Waals surface area contributed by atoms with Gasteiger partial charge >= 0.3 is 5.97 Å². The highest BCUT2D eigenvalue weighted by atomic mass is 16.5. The first kappa shape index (κ1) is 54.8. The van der Waals surface area contributed by atoms with Crippen LogP contribution < -0.4 is 5.32 Å². The lowest BCUT2D eigenvalue weighted by atomic mass is 10.1. The number of rotatable bonds is 44. The van der Waals surface area contributed by atoms with E-state index in [2.05, 4.69) is 55.6 Å². The molecule has 1 amide bonds. The number of hydrogen-bond acceptors (Lipinski definition) is 5. The summed E-state index contributed by atoms with van der Waals surface area (Å²) in [5.74, 6) is -0.104. The molecule has 332 valence electrons. The van der Waals surface area contributed by atoms with Crippen molar-refractivity contribution >= 4 is 11.9 Å². The van der Waals surface area contributed by atoms with Gasteiger partial charge < -0.3 is 20.3 Å². The van der Waals surface area contributed by atoms with Crippen molar-refractivity contribution in [2.24, 2.45) is 0 Å². The Balaban J connectivity index is 3.49.